The van der Waals surface area contributed by atoms with E-state index < -0.39 is 0 Å². The van der Waals surface area contributed by atoms with E-state index in [0.717, 1.165) is 19.0 Å². The maximum Gasteiger partial charge on any atom is 0.108 e. The van der Waals surface area contributed by atoms with E-state index in [9.17, 15) is 0 Å². The van der Waals surface area contributed by atoms with Crippen LogP contribution in [-0.4, -0.2) is 32.4 Å². The summed E-state index contributed by atoms with van der Waals surface area (Å²) in [5.41, 5.74) is 2.70. The van der Waals surface area contributed by atoms with E-state index in [1.807, 2.05) is 0 Å². The lowest BCUT2D eigenvalue weighted by molar-refractivity contribution is 0.193. The summed E-state index contributed by atoms with van der Waals surface area (Å²) in [6, 6.07) is 0. The van der Waals surface area contributed by atoms with Gasteiger partial charge in [0.25, 0.3) is 0 Å². The van der Waals surface area contributed by atoms with Crippen LogP contribution < -0.4 is 0 Å². The molecule has 0 amide bonds. The highest BCUT2D eigenvalue weighted by atomic mass is 16.3. The molecule has 1 N–H and O–H groups in total. The zero-order valence-electron chi connectivity index (χ0n) is 12.6. The van der Waals surface area contributed by atoms with Crippen LogP contribution in [0.25, 0.3) is 0 Å². The van der Waals surface area contributed by atoms with Crippen LogP contribution in [0.3, 0.4) is 0 Å². The first kappa shape index (κ1) is 13.7. The van der Waals surface area contributed by atoms with Gasteiger partial charge in [0.2, 0.25) is 0 Å². The number of aliphatic hydroxyl groups excluding tert-OH is 1. The fourth-order valence-corrected chi connectivity index (χ4v) is 3.98. The molecular formula is C15H24N4O. The lowest BCUT2D eigenvalue weighted by Gasteiger charge is -2.34. The van der Waals surface area contributed by atoms with Gasteiger partial charge >= 0.3 is 0 Å². The number of aliphatic imine (C=N–C) groups is 1. The van der Waals surface area contributed by atoms with E-state index in [2.05, 4.69) is 31.1 Å². The Bertz CT molecular complexity index is 534. The maximum atomic E-state index is 8.97. The summed E-state index contributed by atoms with van der Waals surface area (Å²) in [4.78, 5) is 4.87. The number of nitrogens with zero attached hydrogens (tertiary/aromatic N) is 4. The van der Waals surface area contributed by atoms with Crippen LogP contribution >= 0.6 is 0 Å². The van der Waals surface area contributed by atoms with E-state index in [1.165, 1.54) is 25.0 Å². The van der Waals surface area contributed by atoms with E-state index in [-0.39, 0.29) is 12.0 Å². The van der Waals surface area contributed by atoms with Crippen LogP contribution in [-0.2, 0) is 13.2 Å². The zero-order chi connectivity index (χ0) is 14.4. The van der Waals surface area contributed by atoms with Gasteiger partial charge in [0.15, 0.2) is 0 Å². The molecule has 2 aliphatic rings. The Labute approximate surface area is 120 Å². The van der Waals surface area contributed by atoms with E-state index in [0.29, 0.717) is 11.1 Å². The Hall–Kier alpha value is -1.23. The van der Waals surface area contributed by atoms with Gasteiger partial charge in [-0.05, 0) is 30.6 Å². The minimum absolute atomic E-state index is 0.0531. The molecule has 2 saturated carbocycles. The second-order valence-electron chi connectivity index (χ2n) is 6.95. The molecule has 0 unspecified atom stereocenters. The van der Waals surface area contributed by atoms with Gasteiger partial charge in [0.1, 0.15) is 5.69 Å². The van der Waals surface area contributed by atoms with Crippen molar-refractivity contribution in [2.45, 2.75) is 53.2 Å². The largest absolute Gasteiger partial charge is 0.390 e. The average Bonchev–Trinajstić information content (AvgIpc) is 3.01. The van der Waals surface area contributed by atoms with E-state index >= 15 is 0 Å². The van der Waals surface area contributed by atoms with Crippen LogP contribution in [0.5, 0.6) is 0 Å². The third kappa shape index (κ3) is 1.91. The molecule has 2 atom stereocenters. The molecule has 0 aromatic carbocycles. The van der Waals surface area contributed by atoms with E-state index in [4.69, 9.17) is 10.1 Å². The Kier molecular flexibility index (Phi) is 3.20. The van der Waals surface area contributed by atoms with Crippen molar-refractivity contribution in [1.29, 1.82) is 0 Å². The quantitative estimate of drug-likeness (QED) is 0.915. The van der Waals surface area contributed by atoms with Crippen LogP contribution in [0.2, 0.25) is 0 Å². The van der Waals surface area contributed by atoms with Crippen molar-refractivity contribution in [1.82, 2.24) is 15.0 Å². The molecule has 0 saturated heterocycles. The number of aromatic nitrogens is 3. The van der Waals surface area contributed by atoms with Crippen molar-refractivity contribution in [2.75, 3.05) is 6.54 Å². The number of hydrogen-bond acceptors (Lipinski definition) is 4. The Morgan fingerprint density at radius 3 is 2.80 bits per heavy atom. The van der Waals surface area contributed by atoms with Crippen molar-refractivity contribution < 1.29 is 5.11 Å². The van der Waals surface area contributed by atoms with Crippen molar-refractivity contribution in [3.05, 3.63) is 11.9 Å². The topological polar surface area (TPSA) is 63.3 Å². The SMILES string of the molecule is CC1(C)[C@@H]2CC[C@@]1(C)C(=NCCn1cc(CO)nn1)C2. The summed E-state index contributed by atoms with van der Waals surface area (Å²) in [5, 5.41) is 16.8. The zero-order valence-corrected chi connectivity index (χ0v) is 12.6. The summed E-state index contributed by atoms with van der Waals surface area (Å²) in [6.45, 7) is 8.62. The van der Waals surface area contributed by atoms with Crippen LogP contribution in [0.1, 0.15) is 45.7 Å². The molecule has 2 aliphatic carbocycles. The third-order valence-electron chi connectivity index (χ3n) is 5.89. The molecule has 0 radical (unpaired) electrons. The average molecular weight is 276 g/mol. The number of aliphatic hydroxyl groups is 1. The van der Waals surface area contributed by atoms with Crippen LogP contribution in [0.4, 0.5) is 0 Å². The lowest BCUT2D eigenvalue weighted by atomic mass is 9.70. The number of rotatable bonds is 4. The summed E-state index contributed by atoms with van der Waals surface area (Å²) in [7, 11) is 0. The predicted octanol–water partition coefficient (Wildman–Crippen LogP) is 2.06. The first-order valence-electron chi connectivity index (χ1n) is 7.51. The molecule has 2 fully saturated rings. The Morgan fingerprint density at radius 2 is 2.25 bits per heavy atom. The van der Waals surface area contributed by atoms with Gasteiger partial charge in [0.05, 0.1) is 25.9 Å². The second-order valence-corrected chi connectivity index (χ2v) is 6.95. The standard InChI is InChI=1S/C15H24N4O/c1-14(2)11-4-5-15(14,3)13(8-11)16-6-7-19-9-12(10-20)17-18-19/h9,11,20H,4-8,10H2,1-3H3/t11-,15+/m1/s1. The third-order valence-corrected chi connectivity index (χ3v) is 5.89. The number of fused-ring (bicyclic) bond motifs is 2. The molecule has 20 heavy (non-hydrogen) atoms. The van der Waals surface area contributed by atoms with Gasteiger partial charge in [-0.3, -0.25) is 9.67 Å². The highest BCUT2D eigenvalue weighted by Crippen LogP contribution is 2.63. The highest BCUT2D eigenvalue weighted by Gasteiger charge is 2.59. The maximum absolute atomic E-state index is 8.97. The van der Waals surface area contributed by atoms with Gasteiger partial charge in [-0.25, -0.2) is 0 Å². The molecule has 0 spiro atoms. The molecule has 5 nitrogen and oxygen atoms in total. The van der Waals surface area contributed by atoms with Crippen molar-refractivity contribution in [2.24, 2.45) is 21.7 Å². The van der Waals surface area contributed by atoms with Gasteiger partial charge < -0.3 is 5.11 Å². The first-order chi connectivity index (χ1) is 9.47. The van der Waals surface area contributed by atoms with Gasteiger partial charge in [-0.2, -0.15) is 0 Å². The summed E-state index contributed by atoms with van der Waals surface area (Å²) in [5.74, 6) is 0.804. The molecule has 0 aliphatic heterocycles. The molecule has 5 heteroatoms. The Balaban J connectivity index is 1.66. The summed E-state index contributed by atoms with van der Waals surface area (Å²) < 4.78 is 1.76. The Morgan fingerprint density at radius 1 is 1.45 bits per heavy atom. The van der Waals surface area contributed by atoms with Crippen LogP contribution in [0, 0.1) is 16.7 Å². The van der Waals surface area contributed by atoms with Crippen LogP contribution in [0.15, 0.2) is 11.2 Å². The minimum Gasteiger partial charge on any atom is -0.390 e. The van der Waals surface area contributed by atoms with Gasteiger partial charge in [-0.1, -0.05) is 26.0 Å². The molecular weight excluding hydrogens is 252 g/mol. The fraction of sp³-hybridized carbons (Fsp3) is 0.800. The molecule has 2 bridgehead atoms. The lowest BCUT2D eigenvalue weighted by Crippen LogP contribution is -2.32. The van der Waals surface area contributed by atoms with Gasteiger partial charge in [0, 0.05) is 11.1 Å². The van der Waals surface area contributed by atoms with Crippen molar-refractivity contribution in [3.63, 3.8) is 0 Å². The smallest absolute Gasteiger partial charge is 0.108 e. The summed E-state index contributed by atoms with van der Waals surface area (Å²) >= 11 is 0. The molecule has 3 rings (SSSR count). The molecule has 1 aromatic heterocycles. The first-order valence-corrected chi connectivity index (χ1v) is 7.51. The highest BCUT2D eigenvalue weighted by molar-refractivity contribution is 5.94. The predicted molar refractivity (Wildman–Crippen MR) is 77.5 cm³/mol. The molecule has 110 valence electrons. The van der Waals surface area contributed by atoms with Gasteiger partial charge in [-0.15, -0.1) is 5.10 Å². The minimum atomic E-state index is -0.0531. The number of hydrogen-bond donors (Lipinski definition) is 1. The normalized spacial score (nSPS) is 33.2. The summed E-state index contributed by atoms with van der Waals surface area (Å²) in [6.07, 6.45) is 5.59. The molecule has 1 aromatic rings. The monoisotopic (exact) mass is 276 g/mol. The molecule has 1 heterocycles. The fourth-order valence-electron chi connectivity index (χ4n) is 3.98. The second kappa shape index (κ2) is 4.65. The van der Waals surface area contributed by atoms with Crippen molar-refractivity contribution >= 4 is 5.71 Å². The van der Waals surface area contributed by atoms with E-state index in [1.54, 1.807) is 10.9 Å². The van der Waals surface area contributed by atoms with Crippen molar-refractivity contribution in [3.8, 4) is 0 Å².